The van der Waals surface area contributed by atoms with E-state index in [-0.39, 0.29) is 0 Å². The number of rotatable bonds is 0. The van der Waals surface area contributed by atoms with Gasteiger partial charge >= 0.3 is 0 Å². The molecule has 0 aliphatic rings. The maximum absolute atomic E-state index is 5.49. The molecule has 4 aromatic rings. The maximum atomic E-state index is 5.49. The van der Waals surface area contributed by atoms with E-state index in [0.717, 1.165) is 31.5 Å². The number of fused-ring (bicyclic) bond motifs is 4. The topological polar surface area (TPSA) is 33.1 Å². The summed E-state index contributed by atoms with van der Waals surface area (Å²) >= 11 is 7.09. The van der Waals surface area contributed by atoms with Gasteiger partial charge in [0.2, 0.25) is 0 Å². The third-order valence-corrected chi connectivity index (χ3v) is 4.07. The van der Waals surface area contributed by atoms with Crippen LogP contribution in [-0.2, 0) is 0 Å². The molecule has 0 spiro atoms. The van der Waals surface area contributed by atoms with Gasteiger partial charge < -0.3 is 4.98 Å². The summed E-state index contributed by atoms with van der Waals surface area (Å²) in [5.74, 6) is 0. The summed E-state index contributed by atoms with van der Waals surface area (Å²) in [6.07, 6.45) is 1.96. The Labute approximate surface area is 105 Å². The lowest BCUT2D eigenvalue weighted by Gasteiger charge is -1.94. The molecule has 4 rings (SSSR count). The number of thiazole rings is 1. The third-order valence-electron chi connectivity index (χ3n) is 2.91. The molecular weight excluding hydrogens is 250 g/mol. The van der Waals surface area contributed by atoms with Crippen LogP contribution in [0.4, 0.5) is 0 Å². The highest BCUT2D eigenvalue weighted by atomic mass is 32.1. The van der Waals surface area contributed by atoms with Crippen LogP contribution in [-0.4, -0.2) is 14.4 Å². The van der Waals surface area contributed by atoms with Crippen LogP contribution < -0.4 is 0 Å². The fraction of sp³-hybridized carbons (Fsp3) is 0. The van der Waals surface area contributed by atoms with E-state index in [9.17, 15) is 0 Å². The summed E-state index contributed by atoms with van der Waals surface area (Å²) in [5, 5.41) is 3.13. The van der Waals surface area contributed by atoms with E-state index in [1.54, 1.807) is 11.3 Å². The van der Waals surface area contributed by atoms with Gasteiger partial charge in [0.1, 0.15) is 15.7 Å². The Bertz CT molecular complexity index is 914. The molecular formula is C12H7N3S2. The van der Waals surface area contributed by atoms with Crippen LogP contribution in [0.15, 0.2) is 35.8 Å². The minimum absolute atomic E-state index is 0.794. The van der Waals surface area contributed by atoms with Crippen molar-refractivity contribution in [3.63, 3.8) is 0 Å². The Morgan fingerprint density at radius 2 is 2.18 bits per heavy atom. The molecule has 0 aliphatic carbocycles. The Morgan fingerprint density at radius 1 is 1.29 bits per heavy atom. The van der Waals surface area contributed by atoms with Gasteiger partial charge in [0, 0.05) is 22.5 Å². The summed E-state index contributed by atoms with van der Waals surface area (Å²) in [4.78, 5) is 8.95. The second-order valence-electron chi connectivity index (χ2n) is 3.87. The van der Waals surface area contributed by atoms with Crippen LogP contribution in [0.5, 0.6) is 0 Å². The van der Waals surface area contributed by atoms with E-state index >= 15 is 0 Å². The largest absolute Gasteiger partial charge is 0.351 e. The maximum Gasteiger partial charge on any atom is 0.195 e. The lowest BCUT2D eigenvalue weighted by atomic mass is 10.2. The summed E-state index contributed by atoms with van der Waals surface area (Å²) in [6.45, 7) is 0. The van der Waals surface area contributed by atoms with Crippen molar-refractivity contribution in [1.82, 2.24) is 14.4 Å². The number of aromatic amines is 1. The van der Waals surface area contributed by atoms with Gasteiger partial charge in [-0.2, -0.15) is 0 Å². The second-order valence-corrected chi connectivity index (χ2v) is 5.13. The predicted molar refractivity (Wildman–Crippen MR) is 73.3 cm³/mol. The van der Waals surface area contributed by atoms with Crippen molar-refractivity contribution in [3.8, 4) is 0 Å². The fourth-order valence-corrected chi connectivity index (χ4v) is 3.19. The van der Waals surface area contributed by atoms with Crippen LogP contribution >= 0.6 is 23.6 Å². The fourth-order valence-electron chi connectivity index (χ4n) is 2.12. The Hall–Kier alpha value is -1.72. The first kappa shape index (κ1) is 9.32. The molecule has 0 radical (unpaired) electrons. The van der Waals surface area contributed by atoms with Crippen molar-refractivity contribution >= 4 is 50.5 Å². The van der Waals surface area contributed by atoms with E-state index < -0.39 is 0 Å². The number of para-hydroxylation sites is 1. The van der Waals surface area contributed by atoms with Gasteiger partial charge in [-0.3, -0.25) is 4.40 Å². The highest BCUT2D eigenvalue weighted by Crippen LogP contribution is 2.26. The molecule has 82 valence electrons. The van der Waals surface area contributed by atoms with E-state index in [1.807, 2.05) is 34.2 Å². The zero-order valence-electron chi connectivity index (χ0n) is 8.68. The first-order valence-corrected chi connectivity index (χ1v) is 6.50. The van der Waals surface area contributed by atoms with Crippen LogP contribution in [0, 0.1) is 4.64 Å². The summed E-state index contributed by atoms with van der Waals surface area (Å²) in [7, 11) is 0. The van der Waals surface area contributed by atoms with Gasteiger partial charge in [-0.15, -0.1) is 11.3 Å². The van der Waals surface area contributed by atoms with Gasteiger partial charge in [0.15, 0.2) is 4.96 Å². The summed E-state index contributed by atoms with van der Waals surface area (Å²) < 4.78 is 2.74. The lowest BCUT2D eigenvalue weighted by molar-refractivity contribution is 1.15. The standard InChI is InChI=1S/C12H7N3S2/c16-11-10-9(14-12-15(11)5-6-17-12)7-3-1-2-4-8(7)13-10/h1-6,13H. The van der Waals surface area contributed by atoms with E-state index in [1.165, 1.54) is 0 Å². The zero-order valence-corrected chi connectivity index (χ0v) is 10.3. The second kappa shape index (κ2) is 3.15. The molecule has 3 nitrogen and oxygen atoms in total. The van der Waals surface area contributed by atoms with Gasteiger partial charge in [-0.25, -0.2) is 4.98 Å². The Kier molecular flexibility index (Phi) is 1.73. The SMILES string of the molecule is S=c1c2[nH]c3ccccc3c2nc2sccn12. The van der Waals surface area contributed by atoms with Crippen molar-refractivity contribution in [2.75, 3.05) is 0 Å². The van der Waals surface area contributed by atoms with Gasteiger partial charge in [-0.05, 0) is 6.07 Å². The Balaban J connectivity index is 2.41. The van der Waals surface area contributed by atoms with Crippen LogP contribution in [0.1, 0.15) is 0 Å². The smallest absolute Gasteiger partial charge is 0.195 e. The highest BCUT2D eigenvalue weighted by Gasteiger charge is 2.09. The van der Waals surface area contributed by atoms with E-state index in [0.29, 0.717) is 0 Å². The molecule has 0 saturated carbocycles. The Morgan fingerprint density at radius 3 is 3.12 bits per heavy atom. The average molecular weight is 257 g/mol. The van der Waals surface area contributed by atoms with Crippen molar-refractivity contribution in [3.05, 3.63) is 40.5 Å². The monoisotopic (exact) mass is 257 g/mol. The number of hydrogen-bond donors (Lipinski definition) is 1. The molecule has 0 aliphatic heterocycles. The molecule has 0 bridgehead atoms. The lowest BCUT2D eigenvalue weighted by Crippen LogP contribution is -1.88. The number of benzene rings is 1. The molecule has 1 aromatic carbocycles. The van der Waals surface area contributed by atoms with Crippen LogP contribution in [0.25, 0.3) is 26.9 Å². The van der Waals surface area contributed by atoms with Crippen LogP contribution in [0.2, 0.25) is 0 Å². The molecule has 0 amide bonds. The first-order chi connectivity index (χ1) is 8.34. The number of aromatic nitrogens is 3. The number of H-pyrrole nitrogens is 1. The number of nitrogens with one attached hydrogen (secondary N) is 1. The molecule has 17 heavy (non-hydrogen) atoms. The highest BCUT2D eigenvalue weighted by molar-refractivity contribution is 7.71. The summed E-state index contributed by atoms with van der Waals surface area (Å²) in [5.41, 5.74) is 2.99. The minimum Gasteiger partial charge on any atom is -0.351 e. The molecule has 3 heterocycles. The molecule has 0 fully saturated rings. The van der Waals surface area contributed by atoms with E-state index in [4.69, 9.17) is 12.2 Å². The molecule has 0 unspecified atom stereocenters. The van der Waals surface area contributed by atoms with Crippen LogP contribution in [0.3, 0.4) is 0 Å². The van der Waals surface area contributed by atoms with Crippen molar-refractivity contribution < 1.29 is 0 Å². The molecule has 3 aromatic heterocycles. The molecule has 5 heteroatoms. The predicted octanol–water partition coefficient (Wildman–Crippen LogP) is 3.76. The van der Waals surface area contributed by atoms with Crippen molar-refractivity contribution in [2.45, 2.75) is 0 Å². The van der Waals surface area contributed by atoms with Gasteiger partial charge in [0.25, 0.3) is 0 Å². The minimum atomic E-state index is 0.794. The van der Waals surface area contributed by atoms with Gasteiger partial charge in [-0.1, -0.05) is 30.4 Å². The molecule has 0 saturated heterocycles. The quantitative estimate of drug-likeness (QED) is 0.486. The number of hydrogen-bond acceptors (Lipinski definition) is 3. The first-order valence-electron chi connectivity index (χ1n) is 5.21. The van der Waals surface area contributed by atoms with E-state index in [2.05, 4.69) is 16.0 Å². The molecule has 1 N–H and O–H groups in total. The normalized spacial score (nSPS) is 11.8. The molecule has 0 atom stereocenters. The average Bonchev–Trinajstić information content (AvgIpc) is 2.94. The third kappa shape index (κ3) is 1.15. The van der Waals surface area contributed by atoms with Gasteiger partial charge in [0.05, 0.1) is 0 Å². The summed E-state index contributed by atoms with van der Waals surface area (Å²) in [6, 6.07) is 8.15. The van der Waals surface area contributed by atoms with Crippen molar-refractivity contribution in [2.24, 2.45) is 0 Å². The zero-order chi connectivity index (χ0) is 11.4. The van der Waals surface area contributed by atoms with Crippen molar-refractivity contribution in [1.29, 1.82) is 0 Å². The number of nitrogens with zero attached hydrogens (tertiary/aromatic N) is 2.